The lowest BCUT2D eigenvalue weighted by atomic mass is 10.1. The summed E-state index contributed by atoms with van der Waals surface area (Å²) in [6.07, 6.45) is 1.56. The van der Waals surface area contributed by atoms with Gasteiger partial charge in [-0.05, 0) is 18.4 Å². The summed E-state index contributed by atoms with van der Waals surface area (Å²) in [6.45, 7) is 0. The molecule has 0 spiro atoms. The van der Waals surface area contributed by atoms with Crippen molar-refractivity contribution in [3.05, 3.63) is 41.5 Å². The summed E-state index contributed by atoms with van der Waals surface area (Å²) in [5.74, 6) is -0.749. The summed E-state index contributed by atoms with van der Waals surface area (Å²) in [7, 11) is 0. The highest BCUT2D eigenvalue weighted by atomic mass is 32.1. The second-order valence-corrected chi connectivity index (χ2v) is 4.60. The largest absolute Gasteiger partial charge is 0.481 e. The number of thiazole rings is 1. The molecule has 0 aliphatic heterocycles. The third kappa shape index (κ3) is 3.14. The van der Waals surface area contributed by atoms with Crippen molar-refractivity contribution in [3.63, 3.8) is 0 Å². The molecule has 0 bridgehead atoms. The number of aliphatic carboxylic acids is 1. The van der Waals surface area contributed by atoms with E-state index in [1.165, 1.54) is 0 Å². The van der Waals surface area contributed by atoms with Crippen LogP contribution in [-0.2, 0) is 11.2 Å². The molecule has 88 valence electrons. The van der Waals surface area contributed by atoms with E-state index in [9.17, 15) is 4.79 Å². The number of carboxylic acid groups (broad SMARTS) is 1. The van der Waals surface area contributed by atoms with Gasteiger partial charge in [0.2, 0.25) is 0 Å². The van der Waals surface area contributed by atoms with E-state index in [0.29, 0.717) is 6.42 Å². The summed E-state index contributed by atoms with van der Waals surface area (Å²) < 4.78 is 0. The summed E-state index contributed by atoms with van der Waals surface area (Å²) in [4.78, 5) is 15.9. The minimum absolute atomic E-state index is 0.200. The number of nitrogens with zero attached hydrogens (tertiary/aromatic N) is 1. The van der Waals surface area contributed by atoms with Gasteiger partial charge in [-0.3, -0.25) is 4.79 Å². The zero-order valence-corrected chi connectivity index (χ0v) is 10.1. The maximum absolute atomic E-state index is 10.5. The number of benzene rings is 1. The first-order valence-electron chi connectivity index (χ1n) is 5.47. The van der Waals surface area contributed by atoms with Crippen molar-refractivity contribution in [2.45, 2.75) is 19.3 Å². The Hall–Kier alpha value is -1.68. The predicted molar refractivity (Wildman–Crippen MR) is 68.1 cm³/mol. The Morgan fingerprint density at radius 1 is 1.29 bits per heavy atom. The smallest absolute Gasteiger partial charge is 0.303 e. The van der Waals surface area contributed by atoms with Gasteiger partial charge in [0.05, 0.1) is 16.1 Å². The van der Waals surface area contributed by atoms with E-state index < -0.39 is 5.97 Å². The van der Waals surface area contributed by atoms with Crippen LogP contribution in [0.1, 0.15) is 18.5 Å². The maximum atomic E-state index is 10.5. The topological polar surface area (TPSA) is 50.2 Å². The van der Waals surface area contributed by atoms with Crippen molar-refractivity contribution >= 4 is 17.3 Å². The van der Waals surface area contributed by atoms with Crippen LogP contribution in [0.2, 0.25) is 0 Å². The molecule has 0 aliphatic rings. The van der Waals surface area contributed by atoms with E-state index in [1.807, 2.05) is 35.8 Å². The molecule has 1 heterocycles. The molecule has 4 heteroatoms. The van der Waals surface area contributed by atoms with Crippen LogP contribution in [0.15, 0.2) is 35.8 Å². The van der Waals surface area contributed by atoms with Crippen molar-refractivity contribution < 1.29 is 9.90 Å². The van der Waals surface area contributed by atoms with Gasteiger partial charge in [-0.2, -0.15) is 0 Å². The van der Waals surface area contributed by atoms with Crippen molar-refractivity contribution in [2.24, 2.45) is 0 Å². The highest BCUT2D eigenvalue weighted by molar-refractivity contribution is 7.13. The van der Waals surface area contributed by atoms with Gasteiger partial charge in [-0.15, -0.1) is 11.3 Å². The Bertz CT molecular complexity index is 493. The second-order valence-electron chi connectivity index (χ2n) is 3.74. The molecule has 1 aromatic carbocycles. The minimum Gasteiger partial charge on any atom is -0.481 e. The number of aryl methyl sites for hydroxylation is 1. The lowest BCUT2D eigenvalue weighted by Crippen LogP contribution is -1.96. The van der Waals surface area contributed by atoms with Gasteiger partial charge in [0, 0.05) is 6.42 Å². The summed E-state index contributed by atoms with van der Waals surface area (Å²) in [5.41, 5.74) is 3.97. The SMILES string of the molecule is O=C(O)CCCc1ncsc1-c1ccccc1. The van der Waals surface area contributed by atoms with Crippen LogP contribution >= 0.6 is 11.3 Å². The molecule has 1 aromatic heterocycles. The number of rotatable bonds is 5. The van der Waals surface area contributed by atoms with Crippen LogP contribution in [0, 0.1) is 0 Å². The number of aromatic nitrogens is 1. The fourth-order valence-corrected chi connectivity index (χ4v) is 2.53. The van der Waals surface area contributed by atoms with Crippen LogP contribution in [0.3, 0.4) is 0 Å². The molecule has 0 radical (unpaired) electrons. The van der Waals surface area contributed by atoms with Crippen LogP contribution in [0.4, 0.5) is 0 Å². The standard InChI is InChI=1S/C13H13NO2S/c15-12(16)8-4-7-11-13(17-9-14-11)10-5-2-1-3-6-10/h1-3,5-6,9H,4,7-8H2,(H,15,16). The lowest BCUT2D eigenvalue weighted by Gasteiger charge is -2.01. The molecule has 0 saturated heterocycles. The Balaban J connectivity index is 2.10. The van der Waals surface area contributed by atoms with E-state index >= 15 is 0 Å². The number of hydrogen-bond donors (Lipinski definition) is 1. The zero-order valence-electron chi connectivity index (χ0n) is 9.30. The van der Waals surface area contributed by atoms with Gasteiger partial charge in [0.15, 0.2) is 0 Å². The third-order valence-electron chi connectivity index (χ3n) is 2.48. The third-order valence-corrected chi connectivity index (χ3v) is 3.40. The molecule has 0 saturated carbocycles. The first-order chi connectivity index (χ1) is 8.27. The molecule has 0 unspecified atom stereocenters. The lowest BCUT2D eigenvalue weighted by molar-refractivity contribution is -0.137. The molecular weight excluding hydrogens is 234 g/mol. The van der Waals surface area contributed by atoms with Gasteiger partial charge >= 0.3 is 5.97 Å². The van der Waals surface area contributed by atoms with Crippen LogP contribution in [-0.4, -0.2) is 16.1 Å². The summed E-state index contributed by atoms with van der Waals surface area (Å²) in [5, 5.41) is 8.61. The van der Waals surface area contributed by atoms with Crippen molar-refractivity contribution in [3.8, 4) is 10.4 Å². The summed E-state index contributed by atoms with van der Waals surface area (Å²) >= 11 is 1.60. The Morgan fingerprint density at radius 3 is 2.76 bits per heavy atom. The van der Waals surface area contributed by atoms with Gasteiger partial charge in [0.1, 0.15) is 0 Å². The fraction of sp³-hybridized carbons (Fsp3) is 0.231. The Kier molecular flexibility index (Phi) is 3.88. The van der Waals surface area contributed by atoms with Crippen LogP contribution in [0.25, 0.3) is 10.4 Å². The normalized spacial score (nSPS) is 10.4. The maximum Gasteiger partial charge on any atom is 0.303 e. The monoisotopic (exact) mass is 247 g/mol. The highest BCUT2D eigenvalue weighted by Crippen LogP contribution is 2.28. The first kappa shape index (κ1) is 11.8. The minimum atomic E-state index is -0.749. The molecule has 1 N–H and O–H groups in total. The van der Waals surface area contributed by atoms with E-state index in [2.05, 4.69) is 4.98 Å². The average molecular weight is 247 g/mol. The highest BCUT2D eigenvalue weighted by Gasteiger charge is 2.08. The van der Waals surface area contributed by atoms with Gasteiger partial charge in [-0.25, -0.2) is 4.98 Å². The predicted octanol–water partition coefficient (Wildman–Crippen LogP) is 3.22. The molecule has 0 aliphatic carbocycles. The Morgan fingerprint density at radius 2 is 2.06 bits per heavy atom. The molecule has 0 amide bonds. The molecule has 3 nitrogen and oxygen atoms in total. The summed E-state index contributed by atoms with van der Waals surface area (Å²) in [6, 6.07) is 10.1. The molecule has 17 heavy (non-hydrogen) atoms. The van der Waals surface area contributed by atoms with Crippen LogP contribution in [0.5, 0.6) is 0 Å². The number of carbonyl (C=O) groups is 1. The molecule has 0 atom stereocenters. The zero-order chi connectivity index (χ0) is 12.1. The van der Waals surface area contributed by atoms with Gasteiger partial charge in [-0.1, -0.05) is 30.3 Å². The van der Waals surface area contributed by atoms with Gasteiger partial charge in [0.25, 0.3) is 0 Å². The first-order valence-corrected chi connectivity index (χ1v) is 6.35. The Labute approximate surface area is 104 Å². The van der Waals surface area contributed by atoms with Gasteiger partial charge < -0.3 is 5.11 Å². The molecule has 0 fully saturated rings. The van der Waals surface area contributed by atoms with E-state index in [1.54, 1.807) is 11.3 Å². The second kappa shape index (κ2) is 5.59. The molecule has 2 rings (SSSR count). The van der Waals surface area contributed by atoms with Crippen molar-refractivity contribution in [1.82, 2.24) is 4.98 Å². The van der Waals surface area contributed by atoms with E-state index in [0.717, 1.165) is 22.6 Å². The quantitative estimate of drug-likeness (QED) is 0.882. The van der Waals surface area contributed by atoms with E-state index in [-0.39, 0.29) is 6.42 Å². The number of carboxylic acids is 1. The number of hydrogen-bond acceptors (Lipinski definition) is 3. The van der Waals surface area contributed by atoms with Crippen LogP contribution < -0.4 is 0 Å². The fourth-order valence-electron chi connectivity index (χ4n) is 1.68. The van der Waals surface area contributed by atoms with Crippen molar-refractivity contribution in [1.29, 1.82) is 0 Å². The molecule has 2 aromatic rings. The average Bonchev–Trinajstić information content (AvgIpc) is 2.78. The molecular formula is C13H13NO2S. The van der Waals surface area contributed by atoms with E-state index in [4.69, 9.17) is 5.11 Å². The van der Waals surface area contributed by atoms with Crippen molar-refractivity contribution in [2.75, 3.05) is 0 Å².